The summed E-state index contributed by atoms with van der Waals surface area (Å²) in [4.78, 5) is 14.1. The van der Waals surface area contributed by atoms with Gasteiger partial charge in [0.1, 0.15) is 11.4 Å². The first-order chi connectivity index (χ1) is 10.8. The maximum absolute atomic E-state index is 12.9. The van der Waals surface area contributed by atoms with E-state index in [1.54, 1.807) is 19.1 Å². The Balaban J connectivity index is 2.01. The molecule has 0 spiro atoms. The molecule has 0 bridgehead atoms. The van der Waals surface area contributed by atoms with E-state index in [0.717, 1.165) is 5.69 Å². The Morgan fingerprint density at radius 1 is 1.13 bits per heavy atom. The fourth-order valence-corrected chi connectivity index (χ4v) is 2.18. The number of benzene rings is 2. The van der Waals surface area contributed by atoms with Crippen LogP contribution in [0.25, 0.3) is 0 Å². The van der Waals surface area contributed by atoms with Crippen molar-refractivity contribution in [1.82, 2.24) is 5.32 Å². The van der Waals surface area contributed by atoms with Crippen molar-refractivity contribution in [3.8, 4) is 0 Å². The van der Waals surface area contributed by atoms with Crippen LogP contribution in [-0.2, 0) is 5.60 Å². The van der Waals surface area contributed by atoms with Gasteiger partial charge in [-0.2, -0.15) is 0 Å². The quantitative estimate of drug-likeness (QED) is 0.891. The standard InChI is InChI=1S/C18H21FN2O2/c1-18(23,14-6-8-15(19)9-7-14)12-20-17(22)13-4-10-16(11-5-13)21(2)3/h4-11,23H,12H2,1-3H3,(H,20,22). The van der Waals surface area contributed by atoms with Crippen LogP contribution in [0.4, 0.5) is 10.1 Å². The number of hydrogen-bond acceptors (Lipinski definition) is 3. The van der Waals surface area contributed by atoms with Crippen LogP contribution < -0.4 is 10.2 Å². The second kappa shape index (κ2) is 6.79. The number of anilines is 1. The topological polar surface area (TPSA) is 52.6 Å². The van der Waals surface area contributed by atoms with Gasteiger partial charge >= 0.3 is 0 Å². The van der Waals surface area contributed by atoms with Gasteiger partial charge in [0.05, 0.1) is 6.54 Å². The maximum atomic E-state index is 12.9. The summed E-state index contributed by atoms with van der Waals surface area (Å²) >= 11 is 0. The summed E-state index contributed by atoms with van der Waals surface area (Å²) in [6, 6.07) is 12.8. The van der Waals surface area contributed by atoms with E-state index in [9.17, 15) is 14.3 Å². The van der Waals surface area contributed by atoms with E-state index in [2.05, 4.69) is 5.32 Å². The smallest absolute Gasteiger partial charge is 0.251 e. The lowest BCUT2D eigenvalue weighted by Crippen LogP contribution is -2.38. The third-order valence-electron chi connectivity index (χ3n) is 3.71. The minimum Gasteiger partial charge on any atom is -0.384 e. The highest BCUT2D eigenvalue weighted by Crippen LogP contribution is 2.20. The monoisotopic (exact) mass is 316 g/mol. The Bertz CT molecular complexity index is 664. The first-order valence-corrected chi connectivity index (χ1v) is 7.33. The highest BCUT2D eigenvalue weighted by atomic mass is 19.1. The zero-order chi connectivity index (χ0) is 17.0. The number of aliphatic hydroxyl groups is 1. The molecule has 4 nitrogen and oxygen atoms in total. The summed E-state index contributed by atoms with van der Waals surface area (Å²) in [6.07, 6.45) is 0. The molecule has 0 fully saturated rings. The number of nitrogens with zero attached hydrogens (tertiary/aromatic N) is 1. The van der Waals surface area contributed by atoms with E-state index >= 15 is 0 Å². The molecule has 0 saturated heterocycles. The Morgan fingerprint density at radius 2 is 1.70 bits per heavy atom. The molecular formula is C18H21FN2O2. The van der Waals surface area contributed by atoms with Crippen molar-refractivity contribution in [2.45, 2.75) is 12.5 Å². The molecular weight excluding hydrogens is 295 g/mol. The van der Waals surface area contributed by atoms with E-state index in [-0.39, 0.29) is 18.3 Å². The lowest BCUT2D eigenvalue weighted by atomic mass is 9.96. The Labute approximate surface area is 135 Å². The number of hydrogen-bond donors (Lipinski definition) is 2. The van der Waals surface area contributed by atoms with Crippen LogP contribution in [0.15, 0.2) is 48.5 Å². The molecule has 0 heterocycles. The van der Waals surface area contributed by atoms with Crippen LogP contribution in [0, 0.1) is 5.82 Å². The summed E-state index contributed by atoms with van der Waals surface area (Å²) in [5.74, 6) is -0.632. The van der Waals surface area contributed by atoms with Crippen LogP contribution in [-0.4, -0.2) is 31.7 Å². The SMILES string of the molecule is CN(C)c1ccc(C(=O)NCC(C)(O)c2ccc(F)cc2)cc1. The number of carbonyl (C=O) groups is 1. The van der Waals surface area contributed by atoms with Crippen LogP contribution in [0.5, 0.6) is 0 Å². The second-order valence-corrected chi connectivity index (χ2v) is 5.90. The fourth-order valence-electron chi connectivity index (χ4n) is 2.18. The molecule has 23 heavy (non-hydrogen) atoms. The molecule has 0 radical (unpaired) electrons. The van der Waals surface area contributed by atoms with Crippen molar-refractivity contribution in [3.05, 3.63) is 65.5 Å². The molecule has 1 atom stereocenters. The molecule has 0 aliphatic carbocycles. The molecule has 2 aromatic carbocycles. The summed E-state index contributed by atoms with van der Waals surface area (Å²) in [5.41, 5.74) is 0.792. The second-order valence-electron chi connectivity index (χ2n) is 5.90. The van der Waals surface area contributed by atoms with Gasteiger partial charge in [-0.25, -0.2) is 4.39 Å². The predicted molar refractivity (Wildman–Crippen MR) is 89.1 cm³/mol. The third-order valence-corrected chi connectivity index (χ3v) is 3.71. The van der Waals surface area contributed by atoms with Crippen molar-refractivity contribution in [1.29, 1.82) is 0 Å². The van der Waals surface area contributed by atoms with E-state index in [0.29, 0.717) is 11.1 Å². The first kappa shape index (κ1) is 17.0. The average Bonchev–Trinajstić information content (AvgIpc) is 2.53. The molecule has 122 valence electrons. The molecule has 0 aliphatic heterocycles. The van der Waals surface area contributed by atoms with Gasteiger partial charge in [0.2, 0.25) is 0 Å². The van der Waals surface area contributed by atoms with Gasteiger partial charge in [0.25, 0.3) is 5.91 Å². The Hall–Kier alpha value is -2.40. The number of carbonyl (C=O) groups excluding carboxylic acids is 1. The molecule has 2 aromatic rings. The van der Waals surface area contributed by atoms with Crippen molar-refractivity contribution in [3.63, 3.8) is 0 Å². The number of halogens is 1. The van der Waals surface area contributed by atoms with Gasteiger partial charge in [0.15, 0.2) is 0 Å². The first-order valence-electron chi connectivity index (χ1n) is 7.33. The van der Waals surface area contributed by atoms with Crippen LogP contribution in [0.2, 0.25) is 0 Å². The lowest BCUT2D eigenvalue weighted by molar-refractivity contribution is 0.0526. The van der Waals surface area contributed by atoms with E-state index in [1.165, 1.54) is 24.3 Å². The molecule has 2 rings (SSSR count). The lowest BCUT2D eigenvalue weighted by Gasteiger charge is -2.24. The molecule has 0 aliphatic rings. The summed E-state index contributed by atoms with van der Waals surface area (Å²) < 4.78 is 12.9. The van der Waals surface area contributed by atoms with Gasteiger partial charge in [-0.05, 0) is 48.9 Å². The highest BCUT2D eigenvalue weighted by molar-refractivity contribution is 5.94. The van der Waals surface area contributed by atoms with Crippen molar-refractivity contribution in [2.24, 2.45) is 0 Å². The van der Waals surface area contributed by atoms with Crippen molar-refractivity contribution >= 4 is 11.6 Å². The minimum atomic E-state index is -1.27. The van der Waals surface area contributed by atoms with E-state index in [4.69, 9.17) is 0 Å². The molecule has 1 amide bonds. The normalized spacial score (nSPS) is 13.3. The molecule has 0 aromatic heterocycles. The molecule has 2 N–H and O–H groups in total. The largest absolute Gasteiger partial charge is 0.384 e. The predicted octanol–water partition coefficient (Wildman–Crippen LogP) is 2.53. The molecule has 0 saturated carbocycles. The fraction of sp³-hybridized carbons (Fsp3) is 0.278. The third kappa shape index (κ3) is 4.29. The van der Waals surface area contributed by atoms with E-state index in [1.807, 2.05) is 31.1 Å². The highest BCUT2D eigenvalue weighted by Gasteiger charge is 2.24. The van der Waals surface area contributed by atoms with Crippen LogP contribution >= 0.6 is 0 Å². The zero-order valence-corrected chi connectivity index (χ0v) is 13.5. The minimum absolute atomic E-state index is 0.0346. The van der Waals surface area contributed by atoms with Crippen molar-refractivity contribution in [2.75, 3.05) is 25.5 Å². The van der Waals surface area contributed by atoms with Crippen LogP contribution in [0.1, 0.15) is 22.8 Å². The van der Waals surface area contributed by atoms with Gasteiger partial charge in [-0.3, -0.25) is 4.79 Å². The maximum Gasteiger partial charge on any atom is 0.251 e. The summed E-state index contributed by atoms with van der Waals surface area (Å²) in [7, 11) is 3.85. The summed E-state index contributed by atoms with van der Waals surface area (Å²) in [6.45, 7) is 1.61. The number of rotatable bonds is 5. The van der Waals surface area contributed by atoms with Crippen molar-refractivity contribution < 1.29 is 14.3 Å². The zero-order valence-electron chi connectivity index (χ0n) is 13.5. The van der Waals surface area contributed by atoms with Crippen LogP contribution in [0.3, 0.4) is 0 Å². The number of amides is 1. The van der Waals surface area contributed by atoms with Gasteiger partial charge < -0.3 is 15.3 Å². The van der Waals surface area contributed by atoms with Gasteiger partial charge in [-0.15, -0.1) is 0 Å². The Morgan fingerprint density at radius 3 is 2.22 bits per heavy atom. The molecule has 1 unspecified atom stereocenters. The summed E-state index contributed by atoms with van der Waals surface area (Å²) in [5, 5.41) is 13.2. The van der Waals surface area contributed by atoms with Gasteiger partial charge in [-0.1, -0.05) is 12.1 Å². The molecule has 5 heteroatoms. The van der Waals surface area contributed by atoms with E-state index < -0.39 is 5.60 Å². The average molecular weight is 316 g/mol. The van der Waals surface area contributed by atoms with Gasteiger partial charge in [0, 0.05) is 25.3 Å². The Kier molecular flexibility index (Phi) is 5.01. The number of nitrogens with one attached hydrogen (secondary N) is 1.